The number of ether oxygens (including phenoxy) is 1. The molecule has 0 amide bonds. The van der Waals surface area contributed by atoms with E-state index in [-0.39, 0.29) is 17.3 Å². The summed E-state index contributed by atoms with van der Waals surface area (Å²) in [6, 6.07) is 6.76. The van der Waals surface area contributed by atoms with Crippen LogP contribution in [-0.4, -0.2) is 28.4 Å². The van der Waals surface area contributed by atoms with Crippen LogP contribution in [0.1, 0.15) is 28.8 Å². The van der Waals surface area contributed by atoms with Gasteiger partial charge in [0.25, 0.3) is 0 Å². The molecule has 2 aliphatic heterocycles. The number of carboxylic acids is 1. The van der Waals surface area contributed by atoms with E-state index < -0.39 is 11.9 Å². The van der Waals surface area contributed by atoms with Gasteiger partial charge >= 0.3 is 5.97 Å². The molecule has 0 radical (unpaired) electrons. The van der Waals surface area contributed by atoms with E-state index in [9.17, 15) is 9.59 Å². The number of allylic oxidation sites excluding steroid dienone is 1. The van der Waals surface area contributed by atoms with Crippen molar-refractivity contribution in [3.8, 4) is 0 Å². The highest BCUT2D eigenvalue weighted by Crippen LogP contribution is 2.46. The van der Waals surface area contributed by atoms with Gasteiger partial charge in [-0.1, -0.05) is 36.0 Å². The molecule has 1 aromatic carbocycles. The third-order valence-electron chi connectivity index (χ3n) is 3.31. The molecule has 4 nitrogen and oxygen atoms in total. The predicted molar refractivity (Wildman–Crippen MR) is 71.2 cm³/mol. The molecule has 1 N–H and O–H groups in total. The fourth-order valence-corrected chi connectivity index (χ4v) is 3.06. The van der Waals surface area contributed by atoms with Crippen molar-refractivity contribution in [2.24, 2.45) is 0 Å². The molecular weight excluding hydrogens is 264 g/mol. The molecule has 5 heteroatoms. The van der Waals surface area contributed by atoms with Crippen LogP contribution in [0.25, 0.3) is 0 Å². The zero-order chi connectivity index (χ0) is 13.6. The van der Waals surface area contributed by atoms with Crippen LogP contribution in [0.4, 0.5) is 0 Å². The highest BCUT2D eigenvalue weighted by atomic mass is 32.2. The number of carbonyl (C=O) groups excluding carboxylic acids is 1. The summed E-state index contributed by atoms with van der Waals surface area (Å²) in [6.45, 7) is 1.62. The summed E-state index contributed by atoms with van der Waals surface area (Å²) in [5, 5.41) is 8.93. The van der Waals surface area contributed by atoms with E-state index in [4.69, 9.17) is 9.84 Å². The first-order valence-electron chi connectivity index (χ1n) is 5.97. The topological polar surface area (TPSA) is 66.9 Å². The van der Waals surface area contributed by atoms with E-state index in [1.54, 1.807) is 31.2 Å². The molecule has 0 saturated carbocycles. The standard InChI is InChI=1S/C14H12O4S/c1-7(13(16)17)8-2-4-9(5-3-8)12(15)11-6-10-14(18-10)19-11/h2-7,10,14H,1H3,(H,16,17). The molecule has 19 heavy (non-hydrogen) atoms. The number of carboxylic acid groups (broad SMARTS) is 1. The predicted octanol–water partition coefficient (Wildman–Crippen LogP) is 2.41. The lowest BCUT2D eigenvalue weighted by Gasteiger charge is -2.08. The Bertz CT molecular complexity index is 576. The van der Waals surface area contributed by atoms with E-state index >= 15 is 0 Å². The summed E-state index contributed by atoms with van der Waals surface area (Å²) >= 11 is 1.45. The van der Waals surface area contributed by atoms with Gasteiger partial charge in [0, 0.05) is 5.56 Å². The van der Waals surface area contributed by atoms with Crippen LogP contribution in [0.2, 0.25) is 0 Å². The number of benzene rings is 1. The molecule has 3 rings (SSSR count). The third kappa shape index (κ3) is 2.31. The number of rotatable bonds is 4. The SMILES string of the molecule is CC(C(=O)O)c1ccc(C(=O)C2=CC3OC3S2)cc1. The van der Waals surface area contributed by atoms with E-state index in [1.807, 2.05) is 6.08 Å². The lowest BCUT2D eigenvalue weighted by atomic mass is 9.99. The lowest BCUT2D eigenvalue weighted by Crippen LogP contribution is -2.08. The largest absolute Gasteiger partial charge is 0.481 e. The Kier molecular flexibility index (Phi) is 2.95. The summed E-state index contributed by atoms with van der Waals surface area (Å²) in [6.07, 6.45) is 1.96. The number of thioether (sulfide) groups is 1. The van der Waals surface area contributed by atoms with Crippen molar-refractivity contribution in [3.05, 3.63) is 46.4 Å². The van der Waals surface area contributed by atoms with Crippen LogP contribution >= 0.6 is 11.8 Å². The number of carbonyl (C=O) groups is 2. The van der Waals surface area contributed by atoms with Crippen molar-refractivity contribution in [1.29, 1.82) is 0 Å². The molecule has 3 atom stereocenters. The first-order chi connectivity index (χ1) is 9.06. The van der Waals surface area contributed by atoms with Gasteiger partial charge in [0.15, 0.2) is 5.78 Å². The number of fused-ring (bicyclic) bond motifs is 1. The minimum Gasteiger partial charge on any atom is -0.481 e. The fraction of sp³-hybridized carbons (Fsp3) is 0.286. The van der Waals surface area contributed by atoms with Gasteiger partial charge in [-0.15, -0.1) is 0 Å². The molecule has 1 aromatic rings. The van der Waals surface area contributed by atoms with E-state index in [1.165, 1.54) is 11.8 Å². The molecule has 1 saturated heterocycles. The van der Waals surface area contributed by atoms with Crippen molar-refractivity contribution in [3.63, 3.8) is 0 Å². The number of hydrogen-bond donors (Lipinski definition) is 1. The Morgan fingerprint density at radius 3 is 2.53 bits per heavy atom. The molecule has 98 valence electrons. The van der Waals surface area contributed by atoms with Gasteiger partial charge in [-0.3, -0.25) is 9.59 Å². The summed E-state index contributed by atoms with van der Waals surface area (Å²) in [5.74, 6) is -1.45. The quantitative estimate of drug-likeness (QED) is 0.675. The third-order valence-corrected chi connectivity index (χ3v) is 4.50. The maximum absolute atomic E-state index is 12.2. The maximum Gasteiger partial charge on any atom is 0.310 e. The Morgan fingerprint density at radius 2 is 2.00 bits per heavy atom. The number of hydrogen-bond acceptors (Lipinski definition) is 4. The number of aliphatic carboxylic acids is 1. The number of Topliss-reactive ketones (excluding diaryl/α,β-unsaturated/α-hetero) is 1. The van der Waals surface area contributed by atoms with Crippen LogP contribution < -0.4 is 0 Å². The highest BCUT2D eigenvalue weighted by molar-refractivity contribution is 8.05. The molecular formula is C14H12O4S. The summed E-state index contributed by atoms with van der Waals surface area (Å²) < 4.78 is 5.22. The summed E-state index contributed by atoms with van der Waals surface area (Å²) in [5.41, 5.74) is 1.41. The Balaban J connectivity index is 1.77. The lowest BCUT2D eigenvalue weighted by molar-refractivity contribution is -0.138. The van der Waals surface area contributed by atoms with E-state index in [0.29, 0.717) is 11.1 Å². The monoisotopic (exact) mass is 276 g/mol. The molecule has 0 spiro atoms. The van der Waals surface area contributed by atoms with Crippen LogP contribution in [0.15, 0.2) is 35.2 Å². The zero-order valence-corrected chi connectivity index (χ0v) is 11.0. The molecule has 0 aliphatic carbocycles. The molecule has 1 fully saturated rings. The van der Waals surface area contributed by atoms with Crippen LogP contribution in [0.3, 0.4) is 0 Å². The van der Waals surface area contributed by atoms with Crippen molar-refractivity contribution in [1.82, 2.24) is 0 Å². The minimum atomic E-state index is -0.870. The van der Waals surface area contributed by atoms with Gasteiger partial charge in [0.1, 0.15) is 11.5 Å². The second-order valence-electron chi connectivity index (χ2n) is 4.63. The second kappa shape index (κ2) is 4.51. The van der Waals surface area contributed by atoms with Crippen LogP contribution in [-0.2, 0) is 9.53 Å². The number of ketones is 1. The second-order valence-corrected chi connectivity index (χ2v) is 5.77. The van der Waals surface area contributed by atoms with Gasteiger partial charge < -0.3 is 9.84 Å². The average Bonchev–Trinajstić information content (AvgIpc) is 3.03. The summed E-state index contributed by atoms with van der Waals surface area (Å²) in [7, 11) is 0. The van der Waals surface area contributed by atoms with Crippen LogP contribution in [0, 0.1) is 0 Å². The van der Waals surface area contributed by atoms with Crippen molar-refractivity contribution < 1.29 is 19.4 Å². The smallest absolute Gasteiger partial charge is 0.310 e. The Labute approximate surface area is 114 Å². The van der Waals surface area contributed by atoms with Crippen molar-refractivity contribution >= 4 is 23.5 Å². The van der Waals surface area contributed by atoms with E-state index in [0.717, 1.165) is 4.91 Å². The van der Waals surface area contributed by atoms with Gasteiger partial charge in [-0.05, 0) is 18.6 Å². The van der Waals surface area contributed by atoms with Gasteiger partial charge in [0.2, 0.25) is 0 Å². The van der Waals surface area contributed by atoms with Gasteiger partial charge in [0.05, 0.1) is 10.8 Å². The molecule has 2 aliphatic rings. The molecule has 0 bridgehead atoms. The maximum atomic E-state index is 12.2. The molecule has 3 unspecified atom stereocenters. The van der Waals surface area contributed by atoms with E-state index in [2.05, 4.69) is 0 Å². The Morgan fingerprint density at radius 1 is 1.32 bits per heavy atom. The van der Waals surface area contributed by atoms with Gasteiger partial charge in [-0.25, -0.2) is 0 Å². The first-order valence-corrected chi connectivity index (χ1v) is 6.85. The average molecular weight is 276 g/mol. The van der Waals surface area contributed by atoms with Crippen molar-refractivity contribution in [2.75, 3.05) is 0 Å². The zero-order valence-electron chi connectivity index (χ0n) is 10.2. The van der Waals surface area contributed by atoms with Crippen molar-refractivity contribution in [2.45, 2.75) is 24.4 Å². The first kappa shape index (κ1) is 12.4. The molecule has 0 aromatic heterocycles. The Hall–Kier alpha value is -1.59. The highest BCUT2D eigenvalue weighted by Gasteiger charge is 2.45. The fourth-order valence-electron chi connectivity index (χ4n) is 1.97. The molecule has 2 heterocycles. The number of epoxide rings is 1. The van der Waals surface area contributed by atoms with Gasteiger partial charge in [-0.2, -0.15) is 0 Å². The normalized spacial score (nSPS) is 25.4. The minimum absolute atomic E-state index is 0.0182. The summed E-state index contributed by atoms with van der Waals surface area (Å²) in [4.78, 5) is 23.8. The van der Waals surface area contributed by atoms with Crippen LogP contribution in [0.5, 0.6) is 0 Å².